The second-order valence-electron chi connectivity index (χ2n) is 8.55. The number of H-pyrrole nitrogens is 1. The van der Waals surface area contributed by atoms with Gasteiger partial charge in [-0.1, -0.05) is 11.6 Å². The monoisotopic (exact) mass is 531 g/mol. The summed E-state index contributed by atoms with van der Waals surface area (Å²) in [6, 6.07) is 1.59. The van der Waals surface area contributed by atoms with Crippen molar-refractivity contribution in [2.75, 3.05) is 18.0 Å². The fourth-order valence-electron chi connectivity index (χ4n) is 4.31. The third-order valence-electron chi connectivity index (χ3n) is 6.09. The molecule has 1 aliphatic carbocycles. The molecule has 0 unspecified atom stereocenters. The molecule has 1 saturated carbocycles. The van der Waals surface area contributed by atoms with Crippen molar-refractivity contribution in [2.24, 2.45) is 0 Å². The summed E-state index contributed by atoms with van der Waals surface area (Å²) in [6.45, 7) is 0.906. The molecule has 35 heavy (non-hydrogen) atoms. The number of halogens is 3. The van der Waals surface area contributed by atoms with Crippen LogP contribution in [0.15, 0.2) is 34.1 Å². The molecule has 1 amide bonds. The first-order valence-corrected chi connectivity index (χ1v) is 12.9. The van der Waals surface area contributed by atoms with E-state index < -0.39 is 50.4 Å². The summed E-state index contributed by atoms with van der Waals surface area (Å²) in [5.41, 5.74) is -0.0222. The molecule has 1 aromatic heterocycles. The summed E-state index contributed by atoms with van der Waals surface area (Å²) >= 11 is 6.03. The van der Waals surface area contributed by atoms with Crippen molar-refractivity contribution in [2.45, 2.75) is 55.2 Å². The van der Waals surface area contributed by atoms with Crippen LogP contribution < -0.4 is 20.5 Å². The van der Waals surface area contributed by atoms with Crippen molar-refractivity contribution in [1.29, 1.82) is 0 Å². The molecule has 4 rings (SSSR count). The minimum Gasteiger partial charge on any atom is -0.444 e. The highest BCUT2D eigenvalue weighted by molar-refractivity contribution is 7.89. The Balaban J connectivity index is 1.23. The second kappa shape index (κ2) is 10.5. The molecule has 0 bridgehead atoms. The van der Waals surface area contributed by atoms with Gasteiger partial charge in [-0.2, -0.15) is 5.10 Å². The summed E-state index contributed by atoms with van der Waals surface area (Å²) in [6.07, 6.45) is 2.81. The van der Waals surface area contributed by atoms with E-state index in [9.17, 15) is 26.8 Å². The maximum absolute atomic E-state index is 13.9. The Morgan fingerprint density at radius 1 is 1.17 bits per heavy atom. The molecule has 2 fully saturated rings. The van der Waals surface area contributed by atoms with Gasteiger partial charge in [0.25, 0.3) is 5.56 Å². The fraction of sp³-hybridized carbons (Fsp3) is 0.476. The predicted octanol–water partition coefficient (Wildman–Crippen LogP) is 2.30. The molecule has 14 heteroatoms. The summed E-state index contributed by atoms with van der Waals surface area (Å²) in [5.74, 6) is -1.87. The SMILES string of the molecule is O=C(NC1CCC(NS(=O)(=O)c2cc(F)ccc2F)CC1)O[C@@H]1CCN(c2cn[nH]c(=O)c2Cl)C1. The van der Waals surface area contributed by atoms with Crippen LogP contribution in [0.4, 0.5) is 19.3 Å². The molecule has 190 valence electrons. The van der Waals surface area contributed by atoms with Gasteiger partial charge in [-0.25, -0.2) is 31.8 Å². The Bertz CT molecular complexity index is 1250. The molecule has 1 saturated heterocycles. The Labute approximate surface area is 205 Å². The van der Waals surface area contributed by atoms with E-state index in [1.165, 1.54) is 6.20 Å². The van der Waals surface area contributed by atoms with Crippen molar-refractivity contribution in [3.05, 3.63) is 51.4 Å². The van der Waals surface area contributed by atoms with E-state index in [1.54, 1.807) is 0 Å². The van der Waals surface area contributed by atoms with Gasteiger partial charge in [0.05, 0.1) is 18.4 Å². The molecule has 3 N–H and O–H groups in total. The second-order valence-corrected chi connectivity index (χ2v) is 10.6. The summed E-state index contributed by atoms with van der Waals surface area (Å²) < 4.78 is 60.1. The van der Waals surface area contributed by atoms with E-state index in [-0.39, 0.29) is 11.1 Å². The number of rotatable bonds is 6. The Morgan fingerprint density at radius 2 is 1.89 bits per heavy atom. The number of sulfonamides is 1. The number of ether oxygens (including phenoxy) is 1. The third-order valence-corrected chi connectivity index (χ3v) is 7.99. The van der Waals surface area contributed by atoms with E-state index in [2.05, 4.69) is 20.2 Å². The number of amides is 1. The molecule has 2 aliphatic rings. The highest BCUT2D eigenvalue weighted by Gasteiger charge is 2.31. The highest BCUT2D eigenvalue weighted by Crippen LogP contribution is 2.26. The van der Waals surface area contributed by atoms with Crippen molar-refractivity contribution >= 4 is 33.4 Å². The normalized spacial score (nSPS) is 22.7. The predicted molar refractivity (Wildman–Crippen MR) is 123 cm³/mol. The first-order valence-electron chi connectivity index (χ1n) is 11.0. The zero-order valence-electron chi connectivity index (χ0n) is 18.5. The molecule has 0 spiro atoms. The van der Waals surface area contributed by atoms with Crippen LogP contribution in [0.2, 0.25) is 5.02 Å². The number of anilines is 1. The fourth-order valence-corrected chi connectivity index (χ4v) is 5.92. The number of aromatic amines is 1. The third kappa shape index (κ3) is 6.08. The number of nitrogens with one attached hydrogen (secondary N) is 3. The summed E-state index contributed by atoms with van der Waals surface area (Å²) in [4.78, 5) is 25.1. The molecule has 2 heterocycles. The van der Waals surface area contributed by atoms with Crippen LogP contribution in [0.25, 0.3) is 0 Å². The molecule has 0 radical (unpaired) electrons. The molecular weight excluding hydrogens is 508 g/mol. The van der Waals surface area contributed by atoms with Crippen LogP contribution in [0.5, 0.6) is 0 Å². The van der Waals surface area contributed by atoms with E-state index in [0.29, 0.717) is 56.9 Å². The van der Waals surface area contributed by atoms with E-state index in [4.69, 9.17) is 16.3 Å². The van der Waals surface area contributed by atoms with Crippen molar-refractivity contribution in [3.8, 4) is 0 Å². The number of benzene rings is 1. The van der Waals surface area contributed by atoms with Crippen LogP contribution in [0, 0.1) is 11.6 Å². The average Bonchev–Trinajstić information content (AvgIpc) is 3.26. The van der Waals surface area contributed by atoms with Crippen LogP contribution >= 0.6 is 11.6 Å². The first-order chi connectivity index (χ1) is 16.6. The Hall–Kier alpha value is -2.77. The number of hydrogen-bond acceptors (Lipinski definition) is 7. The largest absolute Gasteiger partial charge is 0.444 e. The number of aromatic nitrogens is 2. The molecule has 1 atom stereocenters. The Kier molecular flexibility index (Phi) is 7.57. The maximum Gasteiger partial charge on any atom is 0.407 e. The highest BCUT2D eigenvalue weighted by atomic mass is 35.5. The first kappa shape index (κ1) is 25.3. The standard InChI is InChI=1S/C21H24ClF2N5O5S/c22-19-17(10-25-27-20(19)30)29-8-7-15(11-29)34-21(31)26-13-2-4-14(5-3-13)28-35(32,33)18-9-12(23)1-6-16(18)24/h1,6,9-10,13-15,28H,2-5,7-8,11H2,(H,26,31)(H,27,30)/t13?,14?,15-/m1/s1. The van der Waals surface area contributed by atoms with Crippen LogP contribution in [-0.4, -0.2) is 56.0 Å². The zero-order valence-corrected chi connectivity index (χ0v) is 20.0. The average molecular weight is 532 g/mol. The smallest absolute Gasteiger partial charge is 0.407 e. The van der Waals surface area contributed by atoms with Gasteiger partial charge in [0.1, 0.15) is 27.7 Å². The van der Waals surface area contributed by atoms with Gasteiger partial charge in [-0.15, -0.1) is 0 Å². The zero-order chi connectivity index (χ0) is 25.2. The van der Waals surface area contributed by atoms with Crippen molar-refractivity contribution < 1.29 is 26.7 Å². The molecule has 10 nitrogen and oxygen atoms in total. The van der Waals surface area contributed by atoms with Gasteiger partial charge < -0.3 is 15.0 Å². The van der Waals surface area contributed by atoms with E-state index in [0.717, 1.165) is 12.1 Å². The number of hydrogen-bond donors (Lipinski definition) is 3. The quantitative estimate of drug-likeness (QED) is 0.521. The van der Waals surface area contributed by atoms with Crippen molar-refractivity contribution in [3.63, 3.8) is 0 Å². The van der Waals surface area contributed by atoms with Gasteiger partial charge in [0, 0.05) is 25.0 Å². The van der Waals surface area contributed by atoms with E-state index >= 15 is 0 Å². The topological polar surface area (TPSA) is 133 Å². The van der Waals surface area contributed by atoms with Gasteiger partial charge in [-0.05, 0) is 43.9 Å². The molecule has 2 aromatic rings. The molecule has 1 aliphatic heterocycles. The van der Waals surface area contributed by atoms with E-state index in [1.807, 2.05) is 4.90 Å². The lowest BCUT2D eigenvalue weighted by Gasteiger charge is -2.29. The van der Waals surface area contributed by atoms with Gasteiger partial charge in [-0.3, -0.25) is 4.79 Å². The maximum atomic E-state index is 13.9. The lowest BCUT2D eigenvalue weighted by atomic mass is 9.92. The number of carbonyl (C=O) groups is 1. The molecular formula is C21H24ClF2N5O5S. The Morgan fingerprint density at radius 3 is 2.63 bits per heavy atom. The number of carbonyl (C=O) groups excluding carboxylic acids is 1. The minimum absolute atomic E-state index is 0.0256. The summed E-state index contributed by atoms with van der Waals surface area (Å²) in [7, 11) is -4.22. The summed E-state index contributed by atoms with van der Waals surface area (Å²) in [5, 5.41) is 8.81. The van der Waals surface area contributed by atoms with Gasteiger partial charge >= 0.3 is 6.09 Å². The van der Waals surface area contributed by atoms with Gasteiger partial charge in [0.2, 0.25) is 10.0 Å². The van der Waals surface area contributed by atoms with Crippen LogP contribution in [0.3, 0.4) is 0 Å². The van der Waals surface area contributed by atoms with Gasteiger partial charge in [0.15, 0.2) is 0 Å². The van der Waals surface area contributed by atoms with Crippen molar-refractivity contribution in [1.82, 2.24) is 20.2 Å². The van der Waals surface area contributed by atoms with Crippen LogP contribution in [0.1, 0.15) is 32.1 Å². The number of nitrogens with zero attached hydrogens (tertiary/aromatic N) is 2. The number of alkyl carbamates (subject to hydrolysis) is 1. The minimum atomic E-state index is -4.22. The van der Waals surface area contributed by atoms with Crippen LogP contribution in [-0.2, 0) is 14.8 Å². The lowest BCUT2D eigenvalue weighted by Crippen LogP contribution is -2.44. The molecule has 1 aromatic carbocycles. The lowest BCUT2D eigenvalue weighted by molar-refractivity contribution is 0.102.